The summed E-state index contributed by atoms with van der Waals surface area (Å²) in [6.07, 6.45) is 3.29. The van der Waals surface area contributed by atoms with E-state index in [9.17, 15) is 9.90 Å². The number of aromatic nitrogens is 2. The number of carboxylic acid groups (broad SMARTS) is 1. The normalized spacial score (nSPS) is 12.1. The van der Waals surface area contributed by atoms with Gasteiger partial charge in [-0.2, -0.15) is 0 Å². The number of hydrogen-bond donors (Lipinski definition) is 1. The SMILES string of the molecule is O=C(O)C(Cc1cccc(Br)c1)c1ncncc1Br. The molecule has 0 bridgehead atoms. The van der Waals surface area contributed by atoms with Crippen LogP contribution < -0.4 is 0 Å². The molecule has 0 amide bonds. The molecule has 0 saturated heterocycles. The number of carbonyl (C=O) groups is 1. The Morgan fingerprint density at radius 1 is 1.37 bits per heavy atom. The summed E-state index contributed by atoms with van der Waals surface area (Å²) in [5.41, 5.74) is 1.43. The number of rotatable bonds is 4. The second-order valence-corrected chi connectivity index (χ2v) is 5.75. The van der Waals surface area contributed by atoms with Gasteiger partial charge in [-0.3, -0.25) is 4.79 Å². The summed E-state index contributed by atoms with van der Waals surface area (Å²) in [6.45, 7) is 0. The fraction of sp³-hybridized carbons (Fsp3) is 0.154. The minimum absolute atomic E-state index is 0.379. The highest BCUT2D eigenvalue weighted by Gasteiger charge is 2.24. The molecule has 0 spiro atoms. The molecule has 0 aliphatic rings. The highest BCUT2D eigenvalue weighted by molar-refractivity contribution is 9.10. The summed E-state index contributed by atoms with van der Waals surface area (Å²) in [6, 6.07) is 7.59. The van der Waals surface area contributed by atoms with Gasteiger partial charge in [0.1, 0.15) is 12.2 Å². The van der Waals surface area contributed by atoms with Crippen molar-refractivity contribution in [2.45, 2.75) is 12.3 Å². The summed E-state index contributed by atoms with van der Waals surface area (Å²) < 4.78 is 1.54. The van der Waals surface area contributed by atoms with Gasteiger partial charge in [0.25, 0.3) is 0 Å². The van der Waals surface area contributed by atoms with Crippen LogP contribution in [0, 0.1) is 0 Å². The summed E-state index contributed by atoms with van der Waals surface area (Å²) in [4.78, 5) is 19.4. The second-order valence-electron chi connectivity index (χ2n) is 3.98. The van der Waals surface area contributed by atoms with Crippen LogP contribution in [0.1, 0.15) is 17.2 Å². The van der Waals surface area contributed by atoms with Gasteiger partial charge in [0, 0.05) is 10.7 Å². The molecule has 0 aliphatic heterocycles. The van der Waals surface area contributed by atoms with E-state index in [4.69, 9.17) is 0 Å². The molecule has 19 heavy (non-hydrogen) atoms. The van der Waals surface area contributed by atoms with Crippen molar-refractivity contribution in [1.29, 1.82) is 0 Å². The van der Waals surface area contributed by atoms with Crippen molar-refractivity contribution < 1.29 is 9.90 Å². The Kier molecular flexibility index (Phi) is 4.66. The molecule has 0 radical (unpaired) electrons. The van der Waals surface area contributed by atoms with Crippen LogP contribution in [0.2, 0.25) is 0 Å². The quantitative estimate of drug-likeness (QED) is 0.875. The largest absolute Gasteiger partial charge is 0.481 e. The zero-order valence-electron chi connectivity index (χ0n) is 9.75. The van der Waals surface area contributed by atoms with Gasteiger partial charge in [0.2, 0.25) is 0 Å². The van der Waals surface area contributed by atoms with Crippen molar-refractivity contribution in [1.82, 2.24) is 9.97 Å². The maximum absolute atomic E-state index is 11.4. The molecule has 0 saturated carbocycles. The number of benzene rings is 1. The Morgan fingerprint density at radius 2 is 2.16 bits per heavy atom. The van der Waals surface area contributed by atoms with E-state index in [1.807, 2.05) is 24.3 Å². The van der Waals surface area contributed by atoms with Crippen LogP contribution in [0.15, 0.2) is 45.7 Å². The van der Waals surface area contributed by atoms with Gasteiger partial charge in [-0.25, -0.2) is 9.97 Å². The molecule has 0 fully saturated rings. The van der Waals surface area contributed by atoms with Crippen molar-refractivity contribution in [3.05, 3.63) is 57.0 Å². The Labute approximate surface area is 127 Å². The Hall–Kier alpha value is -1.27. The average Bonchev–Trinajstić information content (AvgIpc) is 2.37. The van der Waals surface area contributed by atoms with Gasteiger partial charge in [-0.05, 0) is 40.0 Å². The molecule has 2 aromatic rings. The third-order valence-corrected chi connectivity index (χ3v) is 3.76. The molecule has 6 heteroatoms. The molecule has 0 aliphatic carbocycles. The third-order valence-electron chi connectivity index (χ3n) is 2.65. The van der Waals surface area contributed by atoms with Gasteiger partial charge >= 0.3 is 5.97 Å². The molecule has 1 aromatic heterocycles. The first-order valence-corrected chi connectivity index (χ1v) is 7.09. The predicted octanol–water partition coefficient (Wildman–Crippen LogP) is 3.41. The van der Waals surface area contributed by atoms with Crippen molar-refractivity contribution in [2.24, 2.45) is 0 Å². The van der Waals surface area contributed by atoms with Crippen LogP contribution in [-0.2, 0) is 11.2 Å². The minimum Gasteiger partial charge on any atom is -0.481 e. The smallest absolute Gasteiger partial charge is 0.312 e. The molecule has 98 valence electrons. The van der Waals surface area contributed by atoms with Gasteiger partial charge in [-0.15, -0.1) is 0 Å². The van der Waals surface area contributed by atoms with Crippen LogP contribution in [0.4, 0.5) is 0 Å². The van der Waals surface area contributed by atoms with E-state index in [2.05, 4.69) is 41.8 Å². The Morgan fingerprint density at radius 3 is 2.79 bits per heavy atom. The maximum Gasteiger partial charge on any atom is 0.312 e. The number of carboxylic acids is 1. The first-order valence-electron chi connectivity index (χ1n) is 5.50. The van der Waals surface area contributed by atoms with Crippen LogP contribution in [0.5, 0.6) is 0 Å². The lowest BCUT2D eigenvalue weighted by molar-refractivity contribution is -0.138. The lowest BCUT2D eigenvalue weighted by Gasteiger charge is -2.13. The highest BCUT2D eigenvalue weighted by Crippen LogP contribution is 2.26. The summed E-state index contributed by atoms with van der Waals surface area (Å²) in [5, 5.41) is 9.39. The van der Waals surface area contributed by atoms with Crippen molar-refractivity contribution >= 4 is 37.8 Å². The summed E-state index contributed by atoms with van der Waals surface area (Å²) in [7, 11) is 0. The van der Waals surface area contributed by atoms with Crippen molar-refractivity contribution in [2.75, 3.05) is 0 Å². The fourth-order valence-electron chi connectivity index (χ4n) is 1.78. The lowest BCUT2D eigenvalue weighted by Crippen LogP contribution is -2.16. The molecular weight excluding hydrogens is 376 g/mol. The van der Waals surface area contributed by atoms with Gasteiger partial charge in [-0.1, -0.05) is 28.1 Å². The first kappa shape index (κ1) is 14.1. The number of nitrogens with zero attached hydrogens (tertiary/aromatic N) is 2. The summed E-state index contributed by atoms with van der Waals surface area (Å²) >= 11 is 6.67. The molecule has 2 rings (SSSR count). The first-order chi connectivity index (χ1) is 9.08. The van der Waals surface area contributed by atoms with E-state index >= 15 is 0 Å². The molecule has 1 heterocycles. The lowest BCUT2D eigenvalue weighted by atomic mass is 9.96. The fourth-order valence-corrected chi connectivity index (χ4v) is 2.72. The Bertz CT molecular complexity index is 605. The maximum atomic E-state index is 11.4. The number of aliphatic carboxylic acids is 1. The molecule has 1 atom stereocenters. The van der Waals surface area contributed by atoms with E-state index in [-0.39, 0.29) is 0 Å². The van der Waals surface area contributed by atoms with E-state index in [1.165, 1.54) is 6.33 Å². The monoisotopic (exact) mass is 384 g/mol. The molecular formula is C13H10Br2N2O2. The van der Waals surface area contributed by atoms with Crippen LogP contribution >= 0.6 is 31.9 Å². The van der Waals surface area contributed by atoms with Gasteiger partial charge < -0.3 is 5.11 Å². The van der Waals surface area contributed by atoms with E-state index in [0.717, 1.165) is 10.0 Å². The van der Waals surface area contributed by atoms with Crippen LogP contribution in [0.25, 0.3) is 0 Å². The molecule has 4 nitrogen and oxygen atoms in total. The molecule has 1 aromatic carbocycles. The number of hydrogen-bond acceptors (Lipinski definition) is 3. The third kappa shape index (κ3) is 3.61. The van der Waals surface area contributed by atoms with E-state index < -0.39 is 11.9 Å². The summed E-state index contributed by atoms with van der Waals surface area (Å²) in [5.74, 6) is -1.61. The standard InChI is InChI=1S/C13H10Br2N2O2/c14-9-3-1-2-8(4-9)5-10(13(18)19)12-11(15)6-16-7-17-12/h1-4,6-7,10H,5H2,(H,18,19). The highest BCUT2D eigenvalue weighted by atomic mass is 79.9. The zero-order valence-corrected chi connectivity index (χ0v) is 12.9. The second kappa shape index (κ2) is 6.25. The van der Waals surface area contributed by atoms with Gasteiger partial charge in [0.15, 0.2) is 0 Å². The van der Waals surface area contributed by atoms with Crippen LogP contribution in [0.3, 0.4) is 0 Å². The zero-order chi connectivity index (χ0) is 13.8. The number of halogens is 2. The van der Waals surface area contributed by atoms with Crippen LogP contribution in [-0.4, -0.2) is 21.0 Å². The average molecular weight is 386 g/mol. The van der Waals surface area contributed by atoms with E-state index in [0.29, 0.717) is 16.6 Å². The minimum atomic E-state index is -0.903. The van der Waals surface area contributed by atoms with Crippen molar-refractivity contribution in [3.8, 4) is 0 Å². The predicted molar refractivity (Wildman–Crippen MR) is 78.0 cm³/mol. The van der Waals surface area contributed by atoms with E-state index in [1.54, 1.807) is 6.20 Å². The molecule has 1 N–H and O–H groups in total. The van der Waals surface area contributed by atoms with Crippen molar-refractivity contribution in [3.63, 3.8) is 0 Å². The molecule has 1 unspecified atom stereocenters. The topological polar surface area (TPSA) is 63.1 Å². The Balaban J connectivity index is 2.32. The van der Waals surface area contributed by atoms with Gasteiger partial charge in [0.05, 0.1) is 10.2 Å².